The number of aromatic nitrogens is 3. The minimum Gasteiger partial charge on any atom is -0.330 e. The first-order valence-electron chi connectivity index (χ1n) is 8.81. The lowest BCUT2D eigenvalue weighted by Crippen LogP contribution is -2.47. The number of likely N-dealkylation sites (tertiary alicyclic amines) is 1. The highest BCUT2D eigenvalue weighted by atomic mass is 35.5. The summed E-state index contributed by atoms with van der Waals surface area (Å²) in [5, 5.41) is 9.80. The highest BCUT2D eigenvalue weighted by molar-refractivity contribution is 5.97. The van der Waals surface area contributed by atoms with Crippen LogP contribution in [0.25, 0.3) is 11.4 Å². The lowest BCUT2D eigenvalue weighted by molar-refractivity contribution is -0.136. The third-order valence-electron chi connectivity index (χ3n) is 4.48. The molecule has 4 N–H and O–H groups in total. The molecule has 0 radical (unpaired) electrons. The zero-order valence-corrected chi connectivity index (χ0v) is 16.3. The van der Waals surface area contributed by atoms with Crippen molar-refractivity contribution in [2.45, 2.75) is 39.3 Å². The molecule has 0 saturated carbocycles. The largest absolute Gasteiger partial charge is 0.330 e. The fourth-order valence-electron chi connectivity index (χ4n) is 3.20. The first-order valence-corrected chi connectivity index (χ1v) is 8.81. The van der Waals surface area contributed by atoms with Gasteiger partial charge in [-0.1, -0.05) is 13.8 Å². The number of aromatic amines is 1. The number of hydrogen-bond acceptors (Lipinski definition) is 5. The number of nitrogens with zero attached hydrogens (tertiary/aromatic N) is 3. The molecule has 0 bridgehead atoms. The summed E-state index contributed by atoms with van der Waals surface area (Å²) in [7, 11) is 0. The van der Waals surface area contributed by atoms with Crippen LogP contribution < -0.4 is 11.1 Å². The second-order valence-electron chi connectivity index (χ2n) is 6.76. The molecule has 1 aliphatic heterocycles. The highest BCUT2D eigenvalue weighted by Crippen LogP contribution is 2.22. The minimum atomic E-state index is -0.454. The van der Waals surface area contributed by atoms with Crippen molar-refractivity contribution in [3.8, 4) is 11.4 Å². The van der Waals surface area contributed by atoms with Gasteiger partial charge in [0.1, 0.15) is 11.9 Å². The van der Waals surface area contributed by atoms with Crippen molar-refractivity contribution >= 4 is 29.9 Å². The molecule has 146 valence electrons. The van der Waals surface area contributed by atoms with Crippen LogP contribution in [0.5, 0.6) is 0 Å². The third kappa shape index (κ3) is 4.64. The molecule has 27 heavy (non-hydrogen) atoms. The second kappa shape index (κ2) is 8.96. The van der Waals surface area contributed by atoms with Crippen LogP contribution in [0.3, 0.4) is 0 Å². The SMILES string of the molecule is CC(C)C(C(=O)Nc1ccc(-c2n[nH]c(CN)n2)cc1)N1CCCC1=O.Cl. The van der Waals surface area contributed by atoms with Gasteiger partial charge in [-0.3, -0.25) is 14.7 Å². The van der Waals surface area contributed by atoms with Gasteiger partial charge in [-0.25, -0.2) is 4.98 Å². The van der Waals surface area contributed by atoms with Crippen LogP contribution in [0.15, 0.2) is 24.3 Å². The first kappa shape index (κ1) is 20.9. The van der Waals surface area contributed by atoms with Crippen molar-refractivity contribution in [2.75, 3.05) is 11.9 Å². The summed E-state index contributed by atoms with van der Waals surface area (Å²) < 4.78 is 0. The average Bonchev–Trinajstić information content (AvgIpc) is 3.25. The molecule has 1 saturated heterocycles. The molecule has 0 aliphatic carbocycles. The van der Waals surface area contributed by atoms with Crippen molar-refractivity contribution in [2.24, 2.45) is 11.7 Å². The number of hydrogen-bond donors (Lipinski definition) is 3. The predicted octanol–water partition coefficient (Wildman–Crippen LogP) is 1.94. The van der Waals surface area contributed by atoms with E-state index in [-0.39, 0.29) is 30.1 Å². The number of H-pyrrole nitrogens is 1. The standard InChI is InChI=1S/C18H24N6O2.ClH/c1-11(2)16(24-9-3-4-15(24)25)18(26)20-13-7-5-12(6-8-13)17-21-14(10-19)22-23-17;/h5-8,11,16H,3-4,9-10,19H2,1-2H3,(H,20,26)(H,21,22,23);1H. The fraction of sp³-hybridized carbons (Fsp3) is 0.444. The van der Waals surface area contributed by atoms with Crippen molar-refractivity contribution in [3.63, 3.8) is 0 Å². The van der Waals surface area contributed by atoms with E-state index >= 15 is 0 Å². The quantitative estimate of drug-likeness (QED) is 0.694. The predicted molar refractivity (Wildman–Crippen MR) is 105 cm³/mol. The maximum atomic E-state index is 12.7. The zero-order valence-electron chi connectivity index (χ0n) is 15.4. The highest BCUT2D eigenvalue weighted by Gasteiger charge is 2.34. The van der Waals surface area contributed by atoms with Gasteiger partial charge >= 0.3 is 0 Å². The maximum absolute atomic E-state index is 12.7. The van der Waals surface area contributed by atoms with Crippen LogP contribution >= 0.6 is 12.4 Å². The number of amides is 2. The van der Waals surface area contributed by atoms with E-state index in [0.717, 1.165) is 12.0 Å². The summed E-state index contributed by atoms with van der Waals surface area (Å²) in [6.45, 7) is 4.85. The van der Waals surface area contributed by atoms with E-state index in [0.29, 0.717) is 36.8 Å². The molecule has 1 unspecified atom stereocenters. The Balaban J connectivity index is 0.00000261. The summed E-state index contributed by atoms with van der Waals surface area (Å²) in [5.74, 6) is 1.11. The Labute approximate surface area is 164 Å². The number of nitrogens with two attached hydrogens (primary N) is 1. The Morgan fingerprint density at radius 3 is 2.56 bits per heavy atom. The summed E-state index contributed by atoms with van der Waals surface area (Å²) in [6, 6.07) is 6.82. The Hall–Kier alpha value is -2.45. The molecule has 2 heterocycles. The van der Waals surface area contributed by atoms with Crippen LogP contribution in [-0.4, -0.2) is 44.5 Å². The number of carbonyl (C=O) groups is 2. The summed E-state index contributed by atoms with van der Waals surface area (Å²) in [4.78, 5) is 30.7. The van der Waals surface area contributed by atoms with E-state index in [9.17, 15) is 9.59 Å². The number of carbonyl (C=O) groups excluding carboxylic acids is 2. The van der Waals surface area contributed by atoms with E-state index in [4.69, 9.17) is 5.73 Å². The Kier molecular flexibility index (Phi) is 6.92. The van der Waals surface area contributed by atoms with Crippen molar-refractivity contribution < 1.29 is 9.59 Å². The number of halogens is 1. The Morgan fingerprint density at radius 2 is 2.04 bits per heavy atom. The van der Waals surface area contributed by atoms with Gasteiger partial charge in [0.05, 0.1) is 6.54 Å². The topological polar surface area (TPSA) is 117 Å². The Bertz CT molecular complexity index is 789. The maximum Gasteiger partial charge on any atom is 0.247 e. The van der Waals surface area contributed by atoms with Crippen LogP contribution in [0.1, 0.15) is 32.5 Å². The third-order valence-corrected chi connectivity index (χ3v) is 4.48. The smallest absolute Gasteiger partial charge is 0.247 e. The number of benzene rings is 1. The van der Waals surface area contributed by atoms with Gasteiger partial charge in [-0.2, -0.15) is 5.10 Å². The van der Waals surface area contributed by atoms with Gasteiger partial charge < -0.3 is 16.0 Å². The van der Waals surface area contributed by atoms with Crippen LogP contribution in [0.4, 0.5) is 5.69 Å². The van der Waals surface area contributed by atoms with Crippen LogP contribution in [0.2, 0.25) is 0 Å². The summed E-state index contributed by atoms with van der Waals surface area (Å²) in [5.41, 5.74) is 7.02. The minimum absolute atomic E-state index is 0. The van der Waals surface area contributed by atoms with Gasteiger partial charge in [0.2, 0.25) is 11.8 Å². The molecule has 1 atom stereocenters. The normalized spacial score (nSPS) is 15.0. The van der Waals surface area contributed by atoms with E-state index in [1.165, 1.54) is 0 Å². The summed E-state index contributed by atoms with van der Waals surface area (Å²) in [6.07, 6.45) is 1.33. The van der Waals surface area contributed by atoms with E-state index in [1.807, 2.05) is 26.0 Å². The van der Waals surface area contributed by atoms with E-state index in [1.54, 1.807) is 17.0 Å². The molecular weight excluding hydrogens is 368 g/mol. The van der Waals surface area contributed by atoms with Gasteiger partial charge in [0, 0.05) is 24.2 Å². The number of nitrogens with one attached hydrogen (secondary N) is 2. The molecular formula is C18H25ClN6O2. The summed E-state index contributed by atoms with van der Waals surface area (Å²) >= 11 is 0. The van der Waals surface area contributed by atoms with Gasteiger partial charge in [0.15, 0.2) is 5.82 Å². The first-order chi connectivity index (χ1) is 12.5. The average molecular weight is 393 g/mol. The lowest BCUT2D eigenvalue weighted by atomic mass is 10.0. The van der Waals surface area contributed by atoms with Crippen molar-refractivity contribution in [3.05, 3.63) is 30.1 Å². The monoisotopic (exact) mass is 392 g/mol. The lowest BCUT2D eigenvalue weighted by Gasteiger charge is -2.29. The van der Waals surface area contributed by atoms with Crippen molar-refractivity contribution in [1.82, 2.24) is 20.1 Å². The molecule has 3 rings (SSSR count). The van der Waals surface area contributed by atoms with Crippen molar-refractivity contribution in [1.29, 1.82) is 0 Å². The molecule has 0 spiro atoms. The molecule has 1 aromatic carbocycles. The molecule has 9 heteroatoms. The zero-order chi connectivity index (χ0) is 18.7. The molecule has 8 nitrogen and oxygen atoms in total. The van der Waals surface area contributed by atoms with Crippen LogP contribution in [-0.2, 0) is 16.1 Å². The van der Waals surface area contributed by atoms with Crippen LogP contribution in [0, 0.1) is 5.92 Å². The molecule has 1 fully saturated rings. The van der Waals surface area contributed by atoms with Gasteiger partial charge in [-0.05, 0) is 36.6 Å². The van der Waals surface area contributed by atoms with E-state index < -0.39 is 6.04 Å². The van der Waals surface area contributed by atoms with Gasteiger partial charge in [-0.15, -0.1) is 12.4 Å². The Morgan fingerprint density at radius 1 is 1.33 bits per heavy atom. The fourth-order valence-corrected chi connectivity index (χ4v) is 3.20. The van der Waals surface area contributed by atoms with Gasteiger partial charge in [0.25, 0.3) is 0 Å². The second-order valence-corrected chi connectivity index (χ2v) is 6.76. The molecule has 2 aromatic rings. The number of rotatable bonds is 6. The molecule has 1 aliphatic rings. The van der Waals surface area contributed by atoms with E-state index in [2.05, 4.69) is 20.5 Å². The molecule has 2 amide bonds. The molecule has 1 aromatic heterocycles. The number of anilines is 1.